The molecule has 9 fully saturated rings. The third kappa shape index (κ3) is 5.13. The molecule has 53 heavy (non-hydrogen) atoms. The molecule has 10 nitrogen and oxygen atoms in total. The summed E-state index contributed by atoms with van der Waals surface area (Å²) in [5, 5.41) is 23.7. The molecule has 3 unspecified atom stereocenters. The first-order valence-corrected chi connectivity index (χ1v) is 21.4. The third-order valence-corrected chi connectivity index (χ3v) is 18.4. The maximum absolute atomic E-state index is 12.7. The van der Waals surface area contributed by atoms with Crippen molar-refractivity contribution in [3.8, 4) is 0 Å². The number of carbonyl (C=O) groups excluding carboxylic acids is 1. The van der Waals surface area contributed by atoms with Gasteiger partial charge in [-0.15, -0.1) is 0 Å². The number of fused-ring (bicyclic) bond motifs is 4. The summed E-state index contributed by atoms with van der Waals surface area (Å²) in [5.74, 6) is 1.11. The summed E-state index contributed by atoms with van der Waals surface area (Å²) in [6, 6.07) is 0.601. The van der Waals surface area contributed by atoms with Gasteiger partial charge >= 0.3 is 5.97 Å². The Hall–Kier alpha value is -0.850. The van der Waals surface area contributed by atoms with Gasteiger partial charge in [-0.3, -0.25) is 14.6 Å². The van der Waals surface area contributed by atoms with Gasteiger partial charge in [-0.05, 0) is 117 Å². The second-order valence-electron chi connectivity index (χ2n) is 21.7. The molecule has 5 aliphatic carbocycles. The topological polar surface area (TPSA) is 110 Å². The van der Waals surface area contributed by atoms with Gasteiger partial charge in [-0.25, -0.2) is 0 Å². The van der Waals surface area contributed by atoms with Crippen molar-refractivity contribution in [1.29, 1.82) is 0 Å². The molecular formula is C43H70N2O8. The predicted molar refractivity (Wildman–Crippen MR) is 199 cm³/mol. The van der Waals surface area contributed by atoms with Crippen molar-refractivity contribution in [2.45, 2.75) is 168 Å². The number of aliphatic hydroxyl groups excluding tert-OH is 1. The molecule has 0 radical (unpaired) electrons. The normalized spacial score (nSPS) is 51.0. The average Bonchev–Trinajstić information content (AvgIpc) is 3.67. The Bertz CT molecular complexity index is 1460. The molecule has 9 rings (SSSR count). The van der Waals surface area contributed by atoms with Crippen molar-refractivity contribution in [2.75, 3.05) is 46.0 Å². The molecule has 300 valence electrons. The monoisotopic (exact) mass is 743 g/mol. The summed E-state index contributed by atoms with van der Waals surface area (Å²) >= 11 is 0. The first-order valence-electron chi connectivity index (χ1n) is 21.4. The molecule has 4 saturated heterocycles. The molecule has 4 heterocycles. The van der Waals surface area contributed by atoms with E-state index < -0.39 is 29.9 Å². The van der Waals surface area contributed by atoms with Crippen molar-refractivity contribution in [3.63, 3.8) is 0 Å². The fraction of sp³-hybridized carbons (Fsp3) is 0.977. The van der Waals surface area contributed by atoms with Crippen LogP contribution in [-0.2, 0) is 28.5 Å². The minimum absolute atomic E-state index is 0.0390. The molecule has 0 aromatic heterocycles. The van der Waals surface area contributed by atoms with E-state index in [1.54, 1.807) is 13.8 Å². The molecule has 2 spiro atoms. The summed E-state index contributed by atoms with van der Waals surface area (Å²) < 4.78 is 31.5. The van der Waals surface area contributed by atoms with Crippen molar-refractivity contribution in [1.82, 2.24) is 9.80 Å². The average molecular weight is 743 g/mol. The van der Waals surface area contributed by atoms with Crippen LogP contribution >= 0.6 is 0 Å². The lowest BCUT2D eigenvalue weighted by Gasteiger charge is -2.64. The lowest BCUT2D eigenvalue weighted by molar-refractivity contribution is -0.261. The molecule has 0 amide bonds. The number of ether oxygens (including phenoxy) is 5. The lowest BCUT2D eigenvalue weighted by Crippen LogP contribution is -2.74. The Morgan fingerprint density at radius 1 is 0.981 bits per heavy atom. The first-order chi connectivity index (χ1) is 24.8. The largest absolute Gasteiger partial charge is 0.457 e. The van der Waals surface area contributed by atoms with E-state index in [4.69, 9.17) is 23.7 Å². The number of aliphatic hydroxyl groups is 2. The number of nitrogens with zero attached hydrogens (tertiary/aromatic N) is 2. The maximum atomic E-state index is 12.7. The van der Waals surface area contributed by atoms with Gasteiger partial charge in [0.25, 0.3) is 0 Å². The van der Waals surface area contributed by atoms with Crippen LogP contribution in [0.2, 0.25) is 0 Å². The van der Waals surface area contributed by atoms with Gasteiger partial charge in [0.2, 0.25) is 0 Å². The Labute approximate surface area is 318 Å². The quantitative estimate of drug-likeness (QED) is 0.346. The van der Waals surface area contributed by atoms with E-state index in [-0.39, 0.29) is 57.5 Å². The molecule has 4 aliphatic heterocycles. The van der Waals surface area contributed by atoms with Crippen LogP contribution in [-0.4, -0.2) is 126 Å². The van der Waals surface area contributed by atoms with Gasteiger partial charge in [-0.1, -0.05) is 34.6 Å². The van der Waals surface area contributed by atoms with Crippen molar-refractivity contribution < 1.29 is 38.7 Å². The molecule has 10 heteroatoms. The number of esters is 1. The van der Waals surface area contributed by atoms with Gasteiger partial charge in [0.15, 0.2) is 12.4 Å². The second-order valence-corrected chi connectivity index (χ2v) is 21.7. The maximum Gasteiger partial charge on any atom is 0.303 e. The molecule has 9 aliphatic rings. The SMILES string of the molecule is CC(=O)O[C@@H](C1C[C@@H](C)[C@H]2C(O1)[C@H](O)[C@@]1(C)C3CC[C@H]4C(C)(C)[C@@H](O[C@H]5CN(C6(C)CN(C7COC7)C6)CCO5)CC[C@@]45C[C@@]35CC[C@]21C)C(C)(C)O. The van der Waals surface area contributed by atoms with Crippen LogP contribution in [0.3, 0.4) is 0 Å². The number of morpholine rings is 1. The highest BCUT2D eigenvalue weighted by Crippen LogP contribution is 2.89. The predicted octanol–water partition coefficient (Wildman–Crippen LogP) is 5.02. The smallest absolute Gasteiger partial charge is 0.303 e. The van der Waals surface area contributed by atoms with E-state index in [1.807, 2.05) is 0 Å². The molecule has 0 aromatic rings. The summed E-state index contributed by atoms with van der Waals surface area (Å²) in [6.07, 6.45) is 6.72. The molecule has 0 bridgehead atoms. The number of likely N-dealkylation sites (tertiary alicyclic amines) is 1. The second kappa shape index (κ2) is 12.1. The van der Waals surface area contributed by atoms with Crippen LogP contribution < -0.4 is 0 Å². The van der Waals surface area contributed by atoms with Gasteiger partial charge in [0, 0.05) is 37.5 Å². The first kappa shape index (κ1) is 37.7. The fourth-order valence-electron chi connectivity index (χ4n) is 15.7. The number of carbonyl (C=O) groups is 1. The highest BCUT2D eigenvalue weighted by Gasteiger charge is 2.84. The Kier molecular flexibility index (Phi) is 8.60. The molecule has 0 aromatic carbocycles. The van der Waals surface area contributed by atoms with E-state index in [0.717, 1.165) is 65.3 Å². The van der Waals surface area contributed by atoms with Crippen LogP contribution in [0.15, 0.2) is 0 Å². The number of hydrogen-bond acceptors (Lipinski definition) is 10. The van der Waals surface area contributed by atoms with Crippen LogP contribution in [0.5, 0.6) is 0 Å². The van der Waals surface area contributed by atoms with Crippen LogP contribution in [0, 0.1) is 50.7 Å². The summed E-state index contributed by atoms with van der Waals surface area (Å²) in [4.78, 5) is 17.4. The minimum atomic E-state index is -1.25. The summed E-state index contributed by atoms with van der Waals surface area (Å²) in [6.45, 7) is 25.9. The third-order valence-electron chi connectivity index (χ3n) is 18.4. The van der Waals surface area contributed by atoms with E-state index in [9.17, 15) is 15.0 Å². The van der Waals surface area contributed by atoms with Crippen LogP contribution in [0.25, 0.3) is 0 Å². The zero-order chi connectivity index (χ0) is 37.7. The summed E-state index contributed by atoms with van der Waals surface area (Å²) in [7, 11) is 0. The van der Waals surface area contributed by atoms with Crippen molar-refractivity contribution >= 4 is 5.97 Å². The van der Waals surface area contributed by atoms with E-state index in [2.05, 4.69) is 51.3 Å². The zero-order valence-electron chi connectivity index (χ0n) is 34.2. The molecule has 14 atom stereocenters. The highest BCUT2D eigenvalue weighted by molar-refractivity contribution is 5.66. The highest BCUT2D eigenvalue weighted by atomic mass is 16.7. The van der Waals surface area contributed by atoms with Crippen LogP contribution in [0.4, 0.5) is 0 Å². The summed E-state index contributed by atoms with van der Waals surface area (Å²) in [5.41, 5.74) is -0.804. The fourth-order valence-corrected chi connectivity index (χ4v) is 15.7. The minimum Gasteiger partial charge on any atom is -0.457 e. The Morgan fingerprint density at radius 3 is 2.34 bits per heavy atom. The van der Waals surface area contributed by atoms with E-state index in [1.165, 1.54) is 32.6 Å². The standard InChI is InChI=1S/C43H70N2O8/c1-25-18-28(36(38(5,6)48)51-26(2)46)52-34-33(25)40(8)14-15-43-22-42(43)13-12-31(37(3,4)29(42)10-11-30(43)41(40,9)35(34)47)53-32-19-45(16-17-50-32)39(7)23-44(24-39)27-20-49-21-27/h25,27-36,47-48H,10-24H2,1-9H3/t25-,28?,29+,30?,31+,32+,33+,34?,35+,36+,40-,41-,42-,43+/m1/s1. The van der Waals surface area contributed by atoms with Crippen LogP contribution in [0.1, 0.15) is 114 Å². The lowest BCUT2D eigenvalue weighted by atomic mass is 9.41. The molecule has 5 saturated carbocycles. The Balaban J connectivity index is 0.910. The Morgan fingerprint density at radius 2 is 1.68 bits per heavy atom. The van der Waals surface area contributed by atoms with Crippen molar-refractivity contribution in [2.24, 2.45) is 50.7 Å². The van der Waals surface area contributed by atoms with E-state index in [0.29, 0.717) is 29.7 Å². The number of rotatable bonds is 7. The van der Waals surface area contributed by atoms with Gasteiger partial charge in [0.1, 0.15) is 0 Å². The zero-order valence-corrected chi connectivity index (χ0v) is 34.2. The molecular weight excluding hydrogens is 672 g/mol. The van der Waals surface area contributed by atoms with Gasteiger partial charge in [0.05, 0.1) is 62.4 Å². The van der Waals surface area contributed by atoms with Gasteiger partial charge < -0.3 is 33.9 Å². The van der Waals surface area contributed by atoms with Gasteiger partial charge in [-0.2, -0.15) is 0 Å². The van der Waals surface area contributed by atoms with Crippen molar-refractivity contribution in [3.05, 3.63) is 0 Å². The van der Waals surface area contributed by atoms with E-state index >= 15 is 0 Å². The number of hydrogen-bond donors (Lipinski definition) is 2. The molecule has 2 N–H and O–H groups in total.